The quantitative estimate of drug-likeness (QED) is 0.854. The Morgan fingerprint density at radius 3 is 2.35 bits per heavy atom. The van der Waals surface area contributed by atoms with Crippen LogP contribution in [0.3, 0.4) is 0 Å². The van der Waals surface area contributed by atoms with E-state index >= 15 is 0 Å². The summed E-state index contributed by atoms with van der Waals surface area (Å²) in [6, 6.07) is 5.79. The average molecular weight is 315 g/mol. The Hall–Kier alpha value is -2.37. The lowest BCUT2D eigenvalue weighted by Crippen LogP contribution is -2.52. The lowest BCUT2D eigenvalue weighted by molar-refractivity contribution is -0.150. The van der Waals surface area contributed by atoms with E-state index in [0.29, 0.717) is 25.9 Å². The first-order chi connectivity index (χ1) is 11.2. The number of pyridine rings is 1. The summed E-state index contributed by atoms with van der Waals surface area (Å²) in [5.41, 5.74) is 0. The molecule has 0 spiro atoms. The van der Waals surface area contributed by atoms with E-state index in [1.54, 1.807) is 11.1 Å². The van der Waals surface area contributed by atoms with E-state index in [0.717, 1.165) is 18.9 Å². The third-order valence-electron chi connectivity index (χ3n) is 4.63. The van der Waals surface area contributed by atoms with Crippen molar-refractivity contribution in [3.05, 3.63) is 36.5 Å². The van der Waals surface area contributed by atoms with Gasteiger partial charge in [-0.1, -0.05) is 18.2 Å². The number of hydrogen-bond donors (Lipinski definition) is 1. The van der Waals surface area contributed by atoms with Crippen LogP contribution in [0.4, 0.5) is 5.82 Å². The van der Waals surface area contributed by atoms with Crippen LogP contribution in [-0.4, -0.2) is 53.0 Å². The van der Waals surface area contributed by atoms with Crippen molar-refractivity contribution in [1.82, 2.24) is 9.88 Å². The van der Waals surface area contributed by atoms with Gasteiger partial charge in [0, 0.05) is 32.4 Å². The second-order valence-corrected chi connectivity index (χ2v) is 5.99. The number of carboxylic acids is 1. The number of carbonyl (C=O) groups is 2. The van der Waals surface area contributed by atoms with Gasteiger partial charge in [0.25, 0.3) is 0 Å². The van der Waals surface area contributed by atoms with Crippen LogP contribution in [0.25, 0.3) is 0 Å². The Morgan fingerprint density at radius 2 is 1.74 bits per heavy atom. The first-order valence-corrected chi connectivity index (χ1v) is 7.99. The van der Waals surface area contributed by atoms with E-state index in [1.165, 1.54) is 0 Å². The van der Waals surface area contributed by atoms with E-state index in [2.05, 4.69) is 9.88 Å². The molecule has 0 radical (unpaired) electrons. The average Bonchev–Trinajstić information content (AvgIpc) is 2.62. The Balaban J connectivity index is 1.62. The second kappa shape index (κ2) is 6.81. The molecule has 1 amide bonds. The van der Waals surface area contributed by atoms with Crippen molar-refractivity contribution in [3.63, 3.8) is 0 Å². The van der Waals surface area contributed by atoms with Crippen LogP contribution in [0, 0.1) is 11.8 Å². The van der Waals surface area contributed by atoms with Crippen LogP contribution in [0.1, 0.15) is 12.8 Å². The molecule has 1 aliphatic carbocycles. The minimum Gasteiger partial charge on any atom is -0.481 e. The lowest BCUT2D eigenvalue weighted by Gasteiger charge is -2.38. The standard InChI is InChI=1S/C17H21N3O3/c21-16(13-5-1-2-6-14(13)17(22)23)20-11-9-19(10-12-20)15-7-3-4-8-18-15/h1-4,7-8,13-14H,5-6,9-12H2,(H,22,23). The van der Waals surface area contributed by atoms with Crippen molar-refractivity contribution < 1.29 is 14.7 Å². The Kier molecular flexibility index (Phi) is 4.60. The summed E-state index contributed by atoms with van der Waals surface area (Å²) in [6.45, 7) is 2.68. The SMILES string of the molecule is O=C(O)C1CC=CCC1C(=O)N1CCN(c2ccccn2)CC1. The van der Waals surface area contributed by atoms with Crippen molar-refractivity contribution in [1.29, 1.82) is 0 Å². The highest BCUT2D eigenvalue weighted by molar-refractivity contribution is 5.85. The molecule has 1 aromatic rings. The number of aromatic nitrogens is 1. The second-order valence-electron chi connectivity index (χ2n) is 5.99. The third-order valence-corrected chi connectivity index (χ3v) is 4.63. The summed E-state index contributed by atoms with van der Waals surface area (Å²) in [4.78, 5) is 32.4. The molecule has 2 unspecified atom stereocenters. The number of piperazine rings is 1. The van der Waals surface area contributed by atoms with Crippen molar-refractivity contribution >= 4 is 17.7 Å². The van der Waals surface area contributed by atoms with Gasteiger partial charge in [0.15, 0.2) is 0 Å². The molecule has 0 saturated carbocycles. The van der Waals surface area contributed by atoms with Crippen LogP contribution < -0.4 is 4.90 Å². The normalized spacial score (nSPS) is 24.5. The number of carbonyl (C=O) groups excluding carboxylic acids is 1. The number of anilines is 1. The molecular formula is C17H21N3O3. The van der Waals surface area contributed by atoms with E-state index in [-0.39, 0.29) is 5.91 Å². The molecule has 0 aromatic carbocycles. The van der Waals surface area contributed by atoms with Crippen LogP contribution >= 0.6 is 0 Å². The van der Waals surface area contributed by atoms with Gasteiger partial charge in [-0.15, -0.1) is 0 Å². The van der Waals surface area contributed by atoms with Crippen molar-refractivity contribution in [2.75, 3.05) is 31.1 Å². The van der Waals surface area contributed by atoms with Gasteiger partial charge in [-0.25, -0.2) is 4.98 Å². The van der Waals surface area contributed by atoms with Crippen molar-refractivity contribution in [3.8, 4) is 0 Å². The first kappa shape index (κ1) is 15.5. The molecule has 23 heavy (non-hydrogen) atoms. The van der Waals surface area contributed by atoms with E-state index in [9.17, 15) is 14.7 Å². The summed E-state index contributed by atoms with van der Waals surface area (Å²) >= 11 is 0. The molecule has 1 saturated heterocycles. The zero-order chi connectivity index (χ0) is 16.2. The van der Waals surface area contributed by atoms with Gasteiger partial charge in [-0.2, -0.15) is 0 Å². The van der Waals surface area contributed by atoms with Crippen molar-refractivity contribution in [2.24, 2.45) is 11.8 Å². The fourth-order valence-electron chi connectivity index (χ4n) is 3.29. The largest absolute Gasteiger partial charge is 0.481 e. The smallest absolute Gasteiger partial charge is 0.307 e. The molecular weight excluding hydrogens is 294 g/mol. The van der Waals surface area contributed by atoms with Gasteiger partial charge >= 0.3 is 5.97 Å². The Morgan fingerprint density at radius 1 is 1.04 bits per heavy atom. The van der Waals surface area contributed by atoms with Crippen LogP contribution in [0.2, 0.25) is 0 Å². The molecule has 6 nitrogen and oxygen atoms in total. The molecule has 2 heterocycles. The molecule has 6 heteroatoms. The molecule has 0 bridgehead atoms. The fraction of sp³-hybridized carbons (Fsp3) is 0.471. The van der Waals surface area contributed by atoms with Crippen LogP contribution in [0.5, 0.6) is 0 Å². The first-order valence-electron chi connectivity index (χ1n) is 7.99. The highest BCUT2D eigenvalue weighted by Crippen LogP contribution is 2.28. The maximum Gasteiger partial charge on any atom is 0.307 e. The van der Waals surface area contributed by atoms with E-state index < -0.39 is 17.8 Å². The highest BCUT2D eigenvalue weighted by atomic mass is 16.4. The summed E-state index contributed by atoms with van der Waals surface area (Å²) in [6.07, 6.45) is 6.52. The molecule has 1 aromatic heterocycles. The predicted octanol–water partition coefficient (Wildman–Crippen LogP) is 1.40. The van der Waals surface area contributed by atoms with Gasteiger partial charge in [0.2, 0.25) is 5.91 Å². The number of hydrogen-bond acceptors (Lipinski definition) is 4. The molecule has 1 fully saturated rings. The van der Waals surface area contributed by atoms with Gasteiger partial charge in [0.1, 0.15) is 5.82 Å². The van der Waals surface area contributed by atoms with E-state index in [4.69, 9.17) is 0 Å². The molecule has 2 aliphatic rings. The molecule has 1 aliphatic heterocycles. The van der Waals surface area contributed by atoms with Gasteiger partial charge in [0.05, 0.1) is 11.8 Å². The highest BCUT2D eigenvalue weighted by Gasteiger charge is 2.37. The minimum absolute atomic E-state index is 0.0255. The minimum atomic E-state index is -0.875. The maximum atomic E-state index is 12.7. The topological polar surface area (TPSA) is 73.7 Å². The predicted molar refractivity (Wildman–Crippen MR) is 86.0 cm³/mol. The molecule has 122 valence electrons. The lowest BCUT2D eigenvalue weighted by atomic mass is 9.82. The van der Waals surface area contributed by atoms with Gasteiger partial charge < -0.3 is 14.9 Å². The fourth-order valence-corrected chi connectivity index (χ4v) is 3.29. The number of allylic oxidation sites excluding steroid dienone is 2. The summed E-state index contributed by atoms with van der Waals surface area (Å²) in [5.74, 6) is -1.01. The Bertz CT molecular complexity index is 594. The molecule has 3 rings (SSSR count). The molecule has 2 atom stereocenters. The molecule has 1 N–H and O–H groups in total. The number of rotatable bonds is 3. The van der Waals surface area contributed by atoms with Crippen LogP contribution in [0.15, 0.2) is 36.5 Å². The van der Waals surface area contributed by atoms with Gasteiger partial charge in [-0.3, -0.25) is 9.59 Å². The number of carboxylic acid groups (broad SMARTS) is 1. The van der Waals surface area contributed by atoms with Crippen molar-refractivity contribution in [2.45, 2.75) is 12.8 Å². The number of aliphatic carboxylic acids is 1. The third kappa shape index (κ3) is 3.36. The summed E-state index contributed by atoms with van der Waals surface area (Å²) in [7, 11) is 0. The van der Waals surface area contributed by atoms with E-state index in [1.807, 2.05) is 30.4 Å². The van der Waals surface area contributed by atoms with Crippen LogP contribution in [-0.2, 0) is 9.59 Å². The maximum absolute atomic E-state index is 12.7. The zero-order valence-corrected chi connectivity index (χ0v) is 13.0. The monoisotopic (exact) mass is 315 g/mol. The summed E-state index contributed by atoms with van der Waals surface area (Å²) in [5, 5.41) is 9.33. The van der Waals surface area contributed by atoms with Gasteiger partial charge in [-0.05, 0) is 25.0 Å². The Labute approximate surface area is 135 Å². The number of amides is 1. The number of nitrogens with zero attached hydrogens (tertiary/aromatic N) is 3. The summed E-state index contributed by atoms with van der Waals surface area (Å²) < 4.78 is 0. The zero-order valence-electron chi connectivity index (χ0n) is 13.0.